The van der Waals surface area contributed by atoms with E-state index in [1.807, 2.05) is 22.7 Å². The Morgan fingerprint density at radius 2 is 2.06 bits per heavy atom. The molecule has 0 bridgehead atoms. The smallest absolute Gasteiger partial charge is 0.329 e. The van der Waals surface area contributed by atoms with Crippen molar-refractivity contribution in [3.63, 3.8) is 0 Å². The van der Waals surface area contributed by atoms with Crippen molar-refractivity contribution in [2.45, 2.75) is 31.5 Å². The molecule has 2 amide bonds. The highest BCUT2D eigenvalue weighted by Crippen LogP contribution is 2.39. The van der Waals surface area contributed by atoms with Crippen molar-refractivity contribution >= 4 is 17.4 Å². The van der Waals surface area contributed by atoms with Gasteiger partial charge in [-0.3, -0.25) is 4.40 Å². The molecule has 1 saturated carbocycles. The standard InChI is InChI=1S/C21H20F3N5O2/c22-21(23,24)12-26-20(30)27-16-3-1-2-15(9-16)18-11-25-19-10-14(6-7-29(18)19)17(28-31)8-13-4-5-13/h1-3,6-7,9-11,13,17H,4-5,8,12H2,(H2,26,27,30). The fourth-order valence-electron chi connectivity index (χ4n) is 3.44. The van der Waals surface area contributed by atoms with Crippen LogP contribution in [0.1, 0.15) is 30.9 Å². The lowest BCUT2D eigenvalue weighted by Crippen LogP contribution is -2.36. The molecule has 0 saturated heterocycles. The molecule has 0 aliphatic heterocycles. The topological polar surface area (TPSA) is 87.9 Å². The van der Waals surface area contributed by atoms with Crippen LogP contribution in [0.5, 0.6) is 0 Å². The highest BCUT2D eigenvalue weighted by molar-refractivity contribution is 5.90. The summed E-state index contributed by atoms with van der Waals surface area (Å²) in [5.74, 6) is 0.567. The number of nitrogens with zero attached hydrogens (tertiary/aromatic N) is 3. The normalized spacial score (nSPS) is 14.9. The SMILES string of the molecule is O=NC(CC1CC1)c1ccn2c(-c3cccc(NC(=O)NCC(F)(F)F)c3)cnc2c1. The van der Waals surface area contributed by atoms with Crippen LogP contribution in [0.4, 0.5) is 23.7 Å². The first kappa shape index (κ1) is 20.8. The number of aromatic nitrogens is 2. The van der Waals surface area contributed by atoms with Gasteiger partial charge in [-0.25, -0.2) is 9.78 Å². The quantitative estimate of drug-likeness (QED) is 0.498. The van der Waals surface area contributed by atoms with Gasteiger partial charge in [0.05, 0.1) is 11.9 Å². The van der Waals surface area contributed by atoms with Gasteiger partial charge in [-0.05, 0) is 42.2 Å². The van der Waals surface area contributed by atoms with E-state index in [0.29, 0.717) is 17.3 Å². The molecule has 2 N–H and O–H groups in total. The Morgan fingerprint density at radius 3 is 2.77 bits per heavy atom. The molecule has 0 radical (unpaired) electrons. The van der Waals surface area contributed by atoms with Gasteiger partial charge in [0.25, 0.3) is 0 Å². The second kappa shape index (κ2) is 8.37. The molecule has 1 aliphatic rings. The lowest BCUT2D eigenvalue weighted by Gasteiger charge is -2.11. The molecule has 2 aromatic heterocycles. The van der Waals surface area contributed by atoms with E-state index in [2.05, 4.69) is 15.5 Å². The molecule has 7 nitrogen and oxygen atoms in total. The molecule has 4 rings (SSSR count). The first-order valence-corrected chi connectivity index (χ1v) is 9.84. The van der Waals surface area contributed by atoms with Crippen LogP contribution >= 0.6 is 0 Å². The Morgan fingerprint density at radius 1 is 1.26 bits per heavy atom. The summed E-state index contributed by atoms with van der Waals surface area (Å²) < 4.78 is 38.6. The van der Waals surface area contributed by atoms with Crippen LogP contribution in [-0.4, -0.2) is 28.1 Å². The fourth-order valence-corrected chi connectivity index (χ4v) is 3.44. The maximum Gasteiger partial charge on any atom is 0.405 e. The number of nitrogens with one attached hydrogen (secondary N) is 2. The van der Waals surface area contributed by atoms with Crippen LogP contribution in [0.15, 0.2) is 54.0 Å². The number of imidazole rings is 1. The van der Waals surface area contributed by atoms with E-state index >= 15 is 0 Å². The molecule has 3 aromatic rings. The molecule has 1 unspecified atom stereocenters. The number of amides is 2. The predicted molar refractivity (Wildman–Crippen MR) is 110 cm³/mol. The largest absolute Gasteiger partial charge is 0.405 e. The number of nitroso groups, excluding NO2 is 1. The van der Waals surface area contributed by atoms with Crippen molar-refractivity contribution in [3.05, 3.63) is 59.3 Å². The average molecular weight is 431 g/mol. The molecule has 0 spiro atoms. The number of pyridine rings is 1. The van der Waals surface area contributed by atoms with E-state index in [1.165, 1.54) is 0 Å². The highest BCUT2D eigenvalue weighted by atomic mass is 19.4. The minimum absolute atomic E-state index is 0.346. The molecule has 1 aliphatic carbocycles. The number of benzene rings is 1. The van der Waals surface area contributed by atoms with Crippen LogP contribution in [0, 0.1) is 10.8 Å². The molecule has 1 fully saturated rings. The number of urea groups is 1. The van der Waals surface area contributed by atoms with Crippen molar-refractivity contribution < 1.29 is 18.0 Å². The molecule has 31 heavy (non-hydrogen) atoms. The Labute approximate surface area is 175 Å². The van der Waals surface area contributed by atoms with Gasteiger partial charge in [0.2, 0.25) is 0 Å². The Bertz CT molecular complexity index is 1110. The summed E-state index contributed by atoms with van der Waals surface area (Å²) >= 11 is 0. The minimum atomic E-state index is -4.48. The van der Waals surface area contributed by atoms with Gasteiger partial charge < -0.3 is 10.6 Å². The second-order valence-electron chi connectivity index (χ2n) is 7.64. The van der Waals surface area contributed by atoms with Crippen molar-refractivity contribution in [2.75, 3.05) is 11.9 Å². The summed E-state index contributed by atoms with van der Waals surface area (Å²) in [6, 6.07) is 9.07. The number of halogens is 3. The first-order chi connectivity index (χ1) is 14.8. The van der Waals surface area contributed by atoms with E-state index in [0.717, 1.165) is 36.1 Å². The predicted octanol–water partition coefficient (Wildman–Crippen LogP) is 5.29. The zero-order valence-electron chi connectivity index (χ0n) is 16.4. The highest BCUT2D eigenvalue weighted by Gasteiger charge is 2.28. The maximum atomic E-state index is 12.2. The van der Waals surface area contributed by atoms with Gasteiger partial charge in [0.1, 0.15) is 18.2 Å². The van der Waals surface area contributed by atoms with Crippen LogP contribution in [0.3, 0.4) is 0 Å². The van der Waals surface area contributed by atoms with Crippen molar-refractivity contribution in [3.8, 4) is 11.3 Å². The Hall–Kier alpha value is -3.43. The third-order valence-electron chi connectivity index (χ3n) is 5.17. The van der Waals surface area contributed by atoms with Gasteiger partial charge in [0.15, 0.2) is 0 Å². The molecule has 1 aromatic carbocycles. The van der Waals surface area contributed by atoms with E-state index < -0.39 is 18.8 Å². The van der Waals surface area contributed by atoms with Gasteiger partial charge in [-0.2, -0.15) is 18.1 Å². The number of rotatable bonds is 7. The molecule has 1 atom stereocenters. The molecule has 162 valence electrons. The van der Waals surface area contributed by atoms with E-state index in [4.69, 9.17) is 0 Å². The number of fused-ring (bicyclic) bond motifs is 1. The number of carbonyl (C=O) groups excluding carboxylic acids is 1. The first-order valence-electron chi connectivity index (χ1n) is 9.84. The zero-order valence-corrected chi connectivity index (χ0v) is 16.4. The Kier molecular flexibility index (Phi) is 5.62. The molecular weight excluding hydrogens is 411 g/mol. The number of carbonyl (C=O) groups is 1. The number of hydrogen-bond donors (Lipinski definition) is 2. The summed E-state index contributed by atoms with van der Waals surface area (Å²) in [7, 11) is 0. The van der Waals surface area contributed by atoms with Gasteiger partial charge in [-0.15, -0.1) is 0 Å². The number of anilines is 1. The van der Waals surface area contributed by atoms with Gasteiger partial charge in [-0.1, -0.05) is 30.2 Å². The third-order valence-corrected chi connectivity index (χ3v) is 5.17. The fraction of sp³-hybridized carbons (Fsp3) is 0.333. The lowest BCUT2D eigenvalue weighted by atomic mass is 10.0. The minimum Gasteiger partial charge on any atom is -0.329 e. The van der Waals surface area contributed by atoms with Crippen molar-refractivity contribution in [2.24, 2.45) is 11.1 Å². The zero-order chi connectivity index (χ0) is 22.0. The van der Waals surface area contributed by atoms with Crippen LogP contribution in [0.25, 0.3) is 16.9 Å². The van der Waals surface area contributed by atoms with Gasteiger partial charge >= 0.3 is 12.2 Å². The van der Waals surface area contributed by atoms with Crippen LogP contribution in [0.2, 0.25) is 0 Å². The van der Waals surface area contributed by atoms with Gasteiger partial charge in [0, 0.05) is 17.4 Å². The van der Waals surface area contributed by atoms with E-state index in [-0.39, 0.29) is 6.04 Å². The molecule has 10 heteroatoms. The maximum absolute atomic E-state index is 12.2. The summed E-state index contributed by atoms with van der Waals surface area (Å²) in [6.07, 6.45) is 2.02. The van der Waals surface area contributed by atoms with Crippen molar-refractivity contribution in [1.82, 2.24) is 14.7 Å². The van der Waals surface area contributed by atoms with E-state index in [1.54, 1.807) is 35.8 Å². The lowest BCUT2D eigenvalue weighted by molar-refractivity contribution is -0.122. The van der Waals surface area contributed by atoms with Crippen LogP contribution in [-0.2, 0) is 0 Å². The van der Waals surface area contributed by atoms with Crippen LogP contribution < -0.4 is 10.6 Å². The summed E-state index contributed by atoms with van der Waals surface area (Å²) in [4.78, 5) is 27.4. The summed E-state index contributed by atoms with van der Waals surface area (Å²) in [5.41, 5.74) is 3.27. The summed E-state index contributed by atoms with van der Waals surface area (Å²) in [6.45, 7) is -1.41. The third kappa shape index (κ3) is 5.19. The van der Waals surface area contributed by atoms with Crippen molar-refractivity contribution in [1.29, 1.82) is 0 Å². The number of hydrogen-bond acceptors (Lipinski definition) is 4. The van der Waals surface area contributed by atoms with E-state index in [9.17, 15) is 22.9 Å². The Balaban J connectivity index is 1.52. The molecule has 2 heterocycles. The monoisotopic (exact) mass is 431 g/mol. The average Bonchev–Trinajstić information content (AvgIpc) is 3.46. The summed E-state index contributed by atoms with van der Waals surface area (Å²) in [5, 5.41) is 7.44. The molecular formula is C21H20F3N5O2. The second-order valence-corrected chi connectivity index (χ2v) is 7.64. The number of alkyl halides is 3.